The summed E-state index contributed by atoms with van der Waals surface area (Å²) in [4.78, 5) is 2.41. The second kappa shape index (κ2) is 4.54. The molecule has 84 valence electrons. The molecule has 1 aliphatic rings. The number of nitriles is 1. The van der Waals surface area contributed by atoms with Gasteiger partial charge in [0, 0.05) is 30.9 Å². The molecule has 1 heterocycles. The van der Waals surface area contributed by atoms with E-state index in [0.717, 1.165) is 18.7 Å². The van der Waals surface area contributed by atoms with Crippen LogP contribution in [0.5, 0.6) is 0 Å². The molecule has 0 saturated carbocycles. The van der Waals surface area contributed by atoms with E-state index in [1.54, 1.807) is 0 Å². The summed E-state index contributed by atoms with van der Waals surface area (Å²) >= 11 is 0. The Balaban J connectivity index is 2.24. The molecule has 1 fully saturated rings. The van der Waals surface area contributed by atoms with Gasteiger partial charge in [-0.05, 0) is 38.1 Å². The molecule has 0 aromatic heterocycles. The molecule has 0 amide bonds. The van der Waals surface area contributed by atoms with Crippen LogP contribution < -0.4 is 10.2 Å². The molecule has 1 N–H and O–H groups in total. The predicted molar refractivity (Wildman–Crippen MR) is 65.4 cm³/mol. The van der Waals surface area contributed by atoms with Gasteiger partial charge < -0.3 is 10.2 Å². The SMILES string of the molecule is CC1CNCC(C)N1c1ccc(C#N)cc1. The van der Waals surface area contributed by atoms with Crippen LogP contribution in [-0.2, 0) is 0 Å². The molecule has 0 radical (unpaired) electrons. The molecule has 3 nitrogen and oxygen atoms in total. The van der Waals surface area contributed by atoms with Crippen molar-refractivity contribution in [2.75, 3.05) is 18.0 Å². The zero-order chi connectivity index (χ0) is 11.5. The number of nitrogens with zero attached hydrogens (tertiary/aromatic N) is 2. The highest BCUT2D eigenvalue weighted by Crippen LogP contribution is 2.22. The smallest absolute Gasteiger partial charge is 0.0991 e. The summed E-state index contributed by atoms with van der Waals surface area (Å²) in [5, 5.41) is 12.2. The number of benzene rings is 1. The van der Waals surface area contributed by atoms with Crippen LogP contribution in [0.4, 0.5) is 5.69 Å². The van der Waals surface area contributed by atoms with Gasteiger partial charge in [0.25, 0.3) is 0 Å². The van der Waals surface area contributed by atoms with E-state index in [1.165, 1.54) is 5.69 Å². The van der Waals surface area contributed by atoms with E-state index in [1.807, 2.05) is 24.3 Å². The van der Waals surface area contributed by atoms with Crippen LogP contribution in [0.25, 0.3) is 0 Å². The maximum Gasteiger partial charge on any atom is 0.0991 e. The average Bonchev–Trinajstić information content (AvgIpc) is 2.30. The van der Waals surface area contributed by atoms with Gasteiger partial charge in [-0.1, -0.05) is 0 Å². The van der Waals surface area contributed by atoms with Crippen molar-refractivity contribution in [3.05, 3.63) is 29.8 Å². The predicted octanol–water partition coefficient (Wildman–Crippen LogP) is 1.74. The van der Waals surface area contributed by atoms with Crippen molar-refractivity contribution >= 4 is 5.69 Å². The molecule has 2 atom stereocenters. The molecule has 1 aliphatic heterocycles. The lowest BCUT2D eigenvalue weighted by molar-refractivity contribution is 0.432. The number of hydrogen-bond acceptors (Lipinski definition) is 3. The van der Waals surface area contributed by atoms with Gasteiger partial charge in [-0.15, -0.1) is 0 Å². The minimum atomic E-state index is 0.497. The van der Waals surface area contributed by atoms with Crippen LogP contribution in [0.3, 0.4) is 0 Å². The Hall–Kier alpha value is -1.53. The lowest BCUT2D eigenvalue weighted by Gasteiger charge is -2.41. The van der Waals surface area contributed by atoms with Crippen molar-refractivity contribution in [2.45, 2.75) is 25.9 Å². The highest BCUT2D eigenvalue weighted by atomic mass is 15.2. The van der Waals surface area contributed by atoms with Gasteiger partial charge in [0.15, 0.2) is 0 Å². The summed E-state index contributed by atoms with van der Waals surface area (Å²) in [6.45, 7) is 6.48. The van der Waals surface area contributed by atoms with E-state index >= 15 is 0 Å². The zero-order valence-corrected chi connectivity index (χ0v) is 9.77. The van der Waals surface area contributed by atoms with E-state index in [9.17, 15) is 0 Å². The number of anilines is 1. The van der Waals surface area contributed by atoms with Gasteiger partial charge in [-0.3, -0.25) is 0 Å². The highest BCUT2D eigenvalue weighted by Gasteiger charge is 2.24. The average molecular weight is 215 g/mol. The molecule has 0 aliphatic carbocycles. The lowest BCUT2D eigenvalue weighted by atomic mass is 10.1. The molecule has 2 rings (SSSR count). The van der Waals surface area contributed by atoms with Crippen molar-refractivity contribution in [1.29, 1.82) is 5.26 Å². The van der Waals surface area contributed by atoms with E-state index in [4.69, 9.17) is 5.26 Å². The van der Waals surface area contributed by atoms with Crippen molar-refractivity contribution in [3.63, 3.8) is 0 Å². The molecule has 0 bridgehead atoms. The van der Waals surface area contributed by atoms with Gasteiger partial charge in [-0.2, -0.15) is 5.26 Å². The Labute approximate surface area is 96.7 Å². The van der Waals surface area contributed by atoms with Crippen molar-refractivity contribution in [2.24, 2.45) is 0 Å². The molecule has 1 aromatic rings. The first-order chi connectivity index (χ1) is 7.72. The quantitative estimate of drug-likeness (QED) is 0.775. The van der Waals surface area contributed by atoms with Crippen molar-refractivity contribution in [1.82, 2.24) is 5.32 Å². The Bertz CT molecular complexity index is 381. The summed E-state index contributed by atoms with van der Waals surface area (Å²) in [5.74, 6) is 0. The Morgan fingerprint density at radius 2 is 1.75 bits per heavy atom. The monoisotopic (exact) mass is 215 g/mol. The third kappa shape index (κ3) is 2.02. The van der Waals surface area contributed by atoms with E-state index in [0.29, 0.717) is 12.1 Å². The van der Waals surface area contributed by atoms with Gasteiger partial charge in [0.2, 0.25) is 0 Å². The minimum absolute atomic E-state index is 0.497. The largest absolute Gasteiger partial charge is 0.364 e. The second-order valence-electron chi connectivity index (χ2n) is 4.42. The van der Waals surface area contributed by atoms with E-state index in [2.05, 4.69) is 30.1 Å². The summed E-state index contributed by atoms with van der Waals surface area (Å²) in [6.07, 6.45) is 0. The van der Waals surface area contributed by atoms with Crippen LogP contribution in [-0.4, -0.2) is 25.2 Å². The van der Waals surface area contributed by atoms with Crippen LogP contribution in [0.1, 0.15) is 19.4 Å². The number of hydrogen-bond donors (Lipinski definition) is 1. The number of rotatable bonds is 1. The lowest BCUT2D eigenvalue weighted by Crippen LogP contribution is -2.55. The summed E-state index contributed by atoms with van der Waals surface area (Å²) in [5.41, 5.74) is 1.93. The zero-order valence-electron chi connectivity index (χ0n) is 9.77. The Morgan fingerprint density at radius 1 is 1.19 bits per heavy atom. The first kappa shape index (κ1) is 11.0. The molecule has 0 spiro atoms. The Morgan fingerprint density at radius 3 is 2.25 bits per heavy atom. The van der Waals surface area contributed by atoms with E-state index in [-0.39, 0.29) is 0 Å². The topological polar surface area (TPSA) is 39.1 Å². The van der Waals surface area contributed by atoms with Crippen LogP contribution in [0.2, 0.25) is 0 Å². The van der Waals surface area contributed by atoms with Crippen LogP contribution in [0.15, 0.2) is 24.3 Å². The van der Waals surface area contributed by atoms with Gasteiger partial charge in [0.1, 0.15) is 0 Å². The summed E-state index contributed by atoms with van der Waals surface area (Å²) < 4.78 is 0. The maximum atomic E-state index is 8.77. The molecular formula is C13H17N3. The fourth-order valence-electron chi connectivity index (χ4n) is 2.35. The van der Waals surface area contributed by atoms with Crippen LogP contribution >= 0.6 is 0 Å². The molecule has 1 saturated heterocycles. The summed E-state index contributed by atoms with van der Waals surface area (Å²) in [7, 11) is 0. The molecule has 1 aromatic carbocycles. The molecular weight excluding hydrogens is 198 g/mol. The fourth-order valence-corrected chi connectivity index (χ4v) is 2.35. The van der Waals surface area contributed by atoms with Crippen LogP contribution in [0, 0.1) is 11.3 Å². The third-order valence-corrected chi connectivity index (χ3v) is 3.12. The number of nitrogens with one attached hydrogen (secondary N) is 1. The fraction of sp³-hybridized carbons (Fsp3) is 0.462. The van der Waals surface area contributed by atoms with Crippen molar-refractivity contribution < 1.29 is 0 Å². The van der Waals surface area contributed by atoms with Gasteiger partial charge in [-0.25, -0.2) is 0 Å². The second-order valence-corrected chi connectivity index (χ2v) is 4.42. The van der Waals surface area contributed by atoms with E-state index < -0.39 is 0 Å². The maximum absolute atomic E-state index is 8.77. The minimum Gasteiger partial charge on any atom is -0.364 e. The van der Waals surface area contributed by atoms with Gasteiger partial charge >= 0.3 is 0 Å². The summed E-state index contributed by atoms with van der Waals surface area (Å²) in [6, 6.07) is 11.0. The first-order valence-electron chi connectivity index (χ1n) is 5.71. The Kier molecular flexibility index (Phi) is 3.12. The number of piperazine rings is 1. The van der Waals surface area contributed by atoms with Crippen molar-refractivity contribution in [3.8, 4) is 6.07 Å². The normalized spacial score (nSPS) is 25.2. The van der Waals surface area contributed by atoms with Gasteiger partial charge in [0.05, 0.1) is 11.6 Å². The third-order valence-electron chi connectivity index (χ3n) is 3.12. The standard InChI is InChI=1S/C13H17N3/c1-10-8-15-9-11(2)16(10)13-5-3-12(7-14)4-6-13/h3-6,10-11,15H,8-9H2,1-2H3. The molecule has 16 heavy (non-hydrogen) atoms. The highest BCUT2D eigenvalue weighted by molar-refractivity contribution is 5.51. The molecule has 3 heteroatoms. The first-order valence-corrected chi connectivity index (χ1v) is 5.71. The molecule has 2 unspecified atom stereocenters.